The number of aromatic nitrogens is 3. The third-order valence-electron chi connectivity index (χ3n) is 8.79. The van der Waals surface area contributed by atoms with E-state index in [4.69, 9.17) is 9.97 Å². The van der Waals surface area contributed by atoms with Crippen LogP contribution in [0.4, 0.5) is 0 Å². The van der Waals surface area contributed by atoms with E-state index in [0.29, 0.717) is 5.82 Å². The first-order chi connectivity index (χ1) is 21.1. The van der Waals surface area contributed by atoms with Gasteiger partial charge < -0.3 is 0 Å². The number of hydrogen-bond donors (Lipinski definition) is 0. The molecule has 0 fully saturated rings. The summed E-state index contributed by atoms with van der Waals surface area (Å²) in [6.45, 7) is 4.69. The van der Waals surface area contributed by atoms with Crippen LogP contribution in [0.25, 0.3) is 66.9 Å². The van der Waals surface area contributed by atoms with Gasteiger partial charge in [-0.2, -0.15) is 0 Å². The molecule has 5 aromatic carbocycles. The van der Waals surface area contributed by atoms with Gasteiger partial charge in [0.25, 0.3) is 0 Å². The Kier molecular flexibility index (Phi) is 5.80. The van der Waals surface area contributed by atoms with Gasteiger partial charge in [0, 0.05) is 34.5 Å². The minimum absolute atomic E-state index is 0.136. The fourth-order valence-electron chi connectivity index (χ4n) is 6.69. The summed E-state index contributed by atoms with van der Waals surface area (Å²) in [5.74, 6) is 0.714. The molecule has 7 aromatic rings. The van der Waals surface area contributed by atoms with Crippen molar-refractivity contribution in [2.24, 2.45) is 0 Å². The second kappa shape index (κ2) is 9.85. The first-order valence-electron chi connectivity index (χ1n) is 14.7. The van der Waals surface area contributed by atoms with Crippen LogP contribution in [-0.4, -0.2) is 15.0 Å². The number of fused-ring (bicyclic) bond motifs is 5. The molecule has 0 saturated heterocycles. The molecule has 1 aliphatic carbocycles. The molecule has 0 atom stereocenters. The molecule has 2 aromatic heterocycles. The van der Waals surface area contributed by atoms with Gasteiger partial charge in [-0.05, 0) is 62.4 Å². The van der Waals surface area contributed by atoms with E-state index in [1.165, 1.54) is 33.0 Å². The van der Waals surface area contributed by atoms with E-state index in [-0.39, 0.29) is 5.41 Å². The molecule has 43 heavy (non-hydrogen) atoms. The van der Waals surface area contributed by atoms with Crippen LogP contribution in [-0.2, 0) is 5.41 Å². The Hall–Kier alpha value is -5.41. The average Bonchev–Trinajstić information content (AvgIpc) is 3.32. The summed E-state index contributed by atoms with van der Waals surface area (Å²) in [7, 11) is 0. The van der Waals surface area contributed by atoms with Crippen molar-refractivity contribution in [3.05, 3.63) is 151 Å². The molecule has 8 rings (SSSR count). The lowest BCUT2D eigenvalue weighted by Gasteiger charge is -2.23. The number of rotatable bonds is 4. The molecule has 0 spiro atoms. The van der Waals surface area contributed by atoms with Crippen molar-refractivity contribution in [1.82, 2.24) is 15.0 Å². The highest BCUT2D eigenvalue weighted by atomic mass is 14.9. The maximum Gasteiger partial charge on any atom is 0.160 e. The highest BCUT2D eigenvalue weighted by Gasteiger charge is 2.38. The van der Waals surface area contributed by atoms with E-state index in [1.54, 1.807) is 0 Å². The molecule has 2 heterocycles. The summed E-state index contributed by atoms with van der Waals surface area (Å²) < 4.78 is 0. The van der Waals surface area contributed by atoms with E-state index >= 15 is 0 Å². The molecular formula is C40H29N3. The first kappa shape index (κ1) is 25.3. The smallest absolute Gasteiger partial charge is 0.160 e. The Labute approximate surface area is 251 Å². The van der Waals surface area contributed by atoms with E-state index in [2.05, 4.69) is 128 Å². The van der Waals surface area contributed by atoms with Crippen molar-refractivity contribution < 1.29 is 0 Å². The standard InChI is InChI=1S/C40H29N3/c1-40(2)34-14-8-13-32(37(34)33-20-19-28-9-6-7-12-31(28)38(33)40)36-25-35(29-10-4-3-5-11-29)42-39(43-36)30-17-15-26(16-18-30)27-21-23-41-24-22-27/h3-25H,1-2H3. The second-order valence-electron chi connectivity index (χ2n) is 11.7. The van der Waals surface area contributed by atoms with Crippen molar-refractivity contribution >= 4 is 10.8 Å². The lowest BCUT2D eigenvalue weighted by molar-refractivity contribution is 0.666. The summed E-state index contributed by atoms with van der Waals surface area (Å²) in [4.78, 5) is 14.5. The average molecular weight is 552 g/mol. The van der Waals surface area contributed by atoms with Gasteiger partial charge in [-0.3, -0.25) is 4.98 Å². The second-order valence-corrected chi connectivity index (χ2v) is 11.7. The third kappa shape index (κ3) is 4.16. The zero-order valence-electron chi connectivity index (χ0n) is 24.1. The summed E-state index contributed by atoms with van der Waals surface area (Å²) >= 11 is 0. The quantitative estimate of drug-likeness (QED) is 0.218. The Morgan fingerprint density at radius 2 is 1.21 bits per heavy atom. The van der Waals surface area contributed by atoms with Gasteiger partial charge in [0.1, 0.15) is 0 Å². The van der Waals surface area contributed by atoms with Gasteiger partial charge in [-0.25, -0.2) is 9.97 Å². The predicted molar refractivity (Wildman–Crippen MR) is 177 cm³/mol. The van der Waals surface area contributed by atoms with Crippen molar-refractivity contribution in [3.63, 3.8) is 0 Å². The van der Waals surface area contributed by atoms with Crippen LogP contribution >= 0.6 is 0 Å². The Bertz CT molecular complexity index is 2130. The molecule has 1 aliphatic rings. The molecule has 0 unspecified atom stereocenters. The number of pyridine rings is 1. The number of benzene rings is 5. The van der Waals surface area contributed by atoms with Crippen molar-refractivity contribution in [3.8, 4) is 56.2 Å². The lowest BCUT2D eigenvalue weighted by Crippen LogP contribution is -2.15. The van der Waals surface area contributed by atoms with Gasteiger partial charge in [0.05, 0.1) is 11.4 Å². The van der Waals surface area contributed by atoms with Crippen LogP contribution in [0.3, 0.4) is 0 Å². The van der Waals surface area contributed by atoms with Gasteiger partial charge in [-0.15, -0.1) is 0 Å². The Morgan fingerprint density at radius 3 is 2.02 bits per heavy atom. The van der Waals surface area contributed by atoms with Crippen LogP contribution in [0.15, 0.2) is 140 Å². The van der Waals surface area contributed by atoms with Gasteiger partial charge in [0.2, 0.25) is 0 Å². The minimum Gasteiger partial charge on any atom is -0.265 e. The minimum atomic E-state index is -0.136. The van der Waals surface area contributed by atoms with Gasteiger partial charge >= 0.3 is 0 Å². The largest absolute Gasteiger partial charge is 0.265 e. The fourth-order valence-corrected chi connectivity index (χ4v) is 6.69. The third-order valence-corrected chi connectivity index (χ3v) is 8.79. The number of nitrogens with zero attached hydrogens (tertiary/aromatic N) is 3. The Morgan fingerprint density at radius 1 is 0.512 bits per heavy atom. The van der Waals surface area contributed by atoms with E-state index in [0.717, 1.165) is 39.2 Å². The van der Waals surface area contributed by atoms with Crippen molar-refractivity contribution in [2.45, 2.75) is 19.3 Å². The van der Waals surface area contributed by atoms with Crippen LogP contribution < -0.4 is 0 Å². The first-order valence-corrected chi connectivity index (χ1v) is 14.7. The van der Waals surface area contributed by atoms with Crippen LogP contribution in [0, 0.1) is 0 Å². The molecule has 0 radical (unpaired) electrons. The summed E-state index contributed by atoms with van der Waals surface area (Å²) in [6.07, 6.45) is 3.64. The van der Waals surface area contributed by atoms with Gasteiger partial charge in [0.15, 0.2) is 5.82 Å². The molecule has 0 saturated carbocycles. The van der Waals surface area contributed by atoms with Crippen LogP contribution in [0.1, 0.15) is 25.0 Å². The predicted octanol–water partition coefficient (Wildman–Crippen LogP) is 10.00. The van der Waals surface area contributed by atoms with E-state index in [1.807, 2.05) is 30.6 Å². The normalized spacial score (nSPS) is 13.1. The molecule has 3 nitrogen and oxygen atoms in total. The fraction of sp³-hybridized carbons (Fsp3) is 0.0750. The molecule has 0 N–H and O–H groups in total. The van der Waals surface area contributed by atoms with E-state index in [9.17, 15) is 0 Å². The van der Waals surface area contributed by atoms with Gasteiger partial charge in [-0.1, -0.05) is 123 Å². The number of hydrogen-bond acceptors (Lipinski definition) is 3. The molecule has 3 heteroatoms. The van der Waals surface area contributed by atoms with Crippen LogP contribution in [0.2, 0.25) is 0 Å². The molecule has 0 aliphatic heterocycles. The maximum atomic E-state index is 5.24. The zero-order valence-corrected chi connectivity index (χ0v) is 24.1. The molecule has 0 bridgehead atoms. The Balaban J connectivity index is 1.33. The van der Waals surface area contributed by atoms with Crippen molar-refractivity contribution in [1.29, 1.82) is 0 Å². The maximum absolute atomic E-state index is 5.24. The highest BCUT2D eigenvalue weighted by Crippen LogP contribution is 2.54. The van der Waals surface area contributed by atoms with Crippen molar-refractivity contribution in [2.75, 3.05) is 0 Å². The molecule has 0 amide bonds. The molecule has 204 valence electrons. The topological polar surface area (TPSA) is 38.7 Å². The zero-order chi connectivity index (χ0) is 29.0. The summed E-state index contributed by atoms with van der Waals surface area (Å²) in [6, 6.07) is 45.0. The van der Waals surface area contributed by atoms with Crippen LogP contribution in [0.5, 0.6) is 0 Å². The summed E-state index contributed by atoms with van der Waals surface area (Å²) in [5, 5.41) is 2.59. The summed E-state index contributed by atoms with van der Waals surface area (Å²) in [5.41, 5.74) is 12.4. The van der Waals surface area contributed by atoms with E-state index < -0.39 is 0 Å². The monoisotopic (exact) mass is 551 g/mol. The lowest BCUT2D eigenvalue weighted by atomic mass is 9.80. The highest BCUT2D eigenvalue weighted by molar-refractivity contribution is 6.01. The SMILES string of the molecule is CC1(C)c2cccc(-c3cc(-c4ccccc4)nc(-c4ccc(-c5ccncc5)cc4)n3)c2-c2ccc3ccccc3c21. The molecular weight excluding hydrogens is 522 g/mol.